The molecule has 186 valence electrons. The largest absolute Gasteiger partial charge is 0.467 e. The number of fused-ring (bicyclic) bond motifs is 3. The van der Waals surface area contributed by atoms with Crippen molar-refractivity contribution in [1.82, 2.24) is 9.80 Å². The molecular weight excluding hydrogens is 474 g/mol. The minimum absolute atomic E-state index is 0.199. The Morgan fingerprint density at radius 2 is 1.69 bits per heavy atom. The van der Waals surface area contributed by atoms with Crippen LogP contribution in [0.25, 0.3) is 0 Å². The number of carbonyl (C=O) groups excluding carboxylic acids is 3. The number of carbonyl (C=O) groups is 3. The molecule has 2 amide bonds. The third kappa shape index (κ3) is 3.65. The Balaban J connectivity index is 1.43. The number of nitrogens with zero attached hydrogens (tertiary/aromatic N) is 3. The fourth-order valence-corrected chi connectivity index (χ4v) is 7.41. The molecule has 8 heteroatoms. The monoisotopic (exact) mass is 503 g/mol. The second kappa shape index (κ2) is 9.07. The molecule has 4 atom stereocenters. The smallest absolute Gasteiger partial charge is 0.333 e. The summed E-state index contributed by atoms with van der Waals surface area (Å²) < 4.78 is 5.42. The van der Waals surface area contributed by atoms with Gasteiger partial charge in [0.2, 0.25) is 11.8 Å². The lowest BCUT2D eigenvalue weighted by molar-refractivity contribution is -0.158. The van der Waals surface area contributed by atoms with Crippen LogP contribution in [0.1, 0.15) is 24.0 Å². The van der Waals surface area contributed by atoms with E-state index in [0.717, 1.165) is 22.0 Å². The number of ether oxygens (including phenoxy) is 1. The first-order valence-corrected chi connectivity index (χ1v) is 13.5. The first-order valence-electron chi connectivity index (χ1n) is 12.5. The zero-order chi connectivity index (χ0) is 24.9. The van der Waals surface area contributed by atoms with E-state index in [0.29, 0.717) is 12.5 Å². The Bertz CT molecular complexity index is 1220. The van der Waals surface area contributed by atoms with E-state index in [4.69, 9.17) is 9.73 Å². The summed E-state index contributed by atoms with van der Waals surface area (Å²) in [6.07, 6.45) is 2.71. The van der Waals surface area contributed by atoms with E-state index in [2.05, 4.69) is 0 Å². The number of aliphatic imine (C=N–C) groups is 1. The molecular formula is C28H29N3O4S. The Morgan fingerprint density at radius 3 is 2.33 bits per heavy atom. The Labute approximate surface area is 214 Å². The number of esters is 1. The summed E-state index contributed by atoms with van der Waals surface area (Å²) >= 11 is 1.65. The highest BCUT2D eigenvalue weighted by Crippen LogP contribution is 2.54. The SMILES string of the molecule is COC(=O)[C@@]1(Cc2ccccc2)[C@H]2C(=O)N(Cc3ccccc3)C(=O)[C@H]2[C@H]2CN=C(SCC3CC3)N21. The molecule has 2 aromatic rings. The molecule has 0 spiro atoms. The number of imide groups is 1. The second-order valence-electron chi connectivity index (χ2n) is 10.1. The lowest BCUT2D eigenvalue weighted by Gasteiger charge is -2.40. The van der Waals surface area contributed by atoms with Gasteiger partial charge in [-0.3, -0.25) is 19.5 Å². The van der Waals surface area contributed by atoms with Crippen LogP contribution in [0.2, 0.25) is 0 Å². The predicted octanol–water partition coefficient (Wildman–Crippen LogP) is 3.14. The lowest BCUT2D eigenvalue weighted by Crippen LogP contribution is -2.61. The van der Waals surface area contributed by atoms with Crippen molar-refractivity contribution in [1.29, 1.82) is 0 Å². The van der Waals surface area contributed by atoms with Gasteiger partial charge in [-0.15, -0.1) is 0 Å². The van der Waals surface area contributed by atoms with Crippen LogP contribution in [-0.4, -0.2) is 63.7 Å². The van der Waals surface area contributed by atoms with Crippen molar-refractivity contribution in [3.63, 3.8) is 0 Å². The number of amidine groups is 1. The van der Waals surface area contributed by atoms with E-state index in [-0.39, 0.29) is 30.8 Å². The van der Waals surface area contributed by atoms with Crippen LogP contribution >= 0.6 is 11.8 Å². The quantitative estimate of drug-likeness (QED) is 0.427. The molecule has 0 radical (unpaired) electrons. The van der Waals surface area contributed by atoms with E-state index in [1.807, 2.05) is 65.6 Å². The van der Waals surface area contributed by atoms with Gasteiger partial charge in [-0.2, -0.15) is 0 Å². The number of benzene rings is 2. The summed E-state index contributed by atoms with van der Waals surface area (Å²) in [5, 5.41) is 0.762. The number of amides is 2. The lowest BCUT2D eigenvalue weighted by atomic mass is 9.76. The summed E-state index contributed by atoms with van der Waals surface area (Å²) in [7, 11) is 1.37. The number of hydrogen-bond acceptors (Lipinski definition) is 7. The summed E-state index contributed by atoms with van der Waals surface area (Å²) in [4.78, 5) is 49.9. The predicted molar refractivity (Wildman–Crippen MR) is 137 cm³/mol. The maximum atomic E-state index is 14.1. The van der Waals surface area contributed by atoms with Crippen molar-refractivity contribution >= 4 is 34.7 Å². The maximum absolute atomic E-state index is 14.1. The highest BCUT2D eigenvalue weighted by molar-refractivity contribution is 8.13. The average Bonchev–Trinajstić information content (AvgIpc) is 3.51. The van der Waals surface area contributed by atoms with E-state index in [9.17, 15) is 14.4 Å². The minimum atomic E-state index is -1.32. The molecule has 7 nitrogen and oxygen atoms in total. The molecule has 3 fully saturated rings. The summed E-state index contributed by atoms with van der Waals surface area (Å²) in [5.41, 5.74) is 0.476. The molecule has 0 unspecified atom stereocenters. The van der Waals surface area contributed by atoms with Crippen molar-refractivity contribution < 1.29 is 19.1 Å². The third-order valence-electron chi connectivity index (χ3n) is 7.94. The molecule has 2 saturated heterocycles. The van der Waals surface area contributed by atoms with Gasteiger partial charge in [-0.05, 0) is 29.9 Å². The molecule has 0 aromatic heterocycles. The standard InChI is InChI=1S/C28H29N3O4S/c1-35-26(34)28(14-18-8-4-2-5-9-18)23-22(21-15-29-27(31(21)28)36-17-20-12-13-20)24(32)30(25(23)33)16-19-10-6-3-7-11-19/h2-11,20-23H,12-17H2,1H3/t21-,22+,23-,28-/m1/s1. The van der Waals surface area contributed by atoms with Gasteiger partial charge in [0.25, 0.3) is 0 Å². The van der Waals surface area contributed by atoms with Crippen LogP contribution < -0.4 is 0 Å². The van der Waals surface area contributed by atoms with Gasteiger partial charge in [0, 0.05) is 12.2 Å². The number of rotatable bonds is 7. The van der Waals surface area contributed by atoms with Gasteiger partial charge >= 0.3 is 5.97 Å². The molecule has 6 rings (SSSR count). The minimum Gasteiger partial charge on any atom is -0.467 e. The first kappa shape index (κ1) is 23.3. The van der Waals surface area contributed by atoms with E-state index >= 15 is 0 Å². The zero-order valence-electron chi connectivity index (χ0n) is 20.2. The van der Waals surface area contributed by atoms with Gasteiger partial charge in [0.05, 0.1) is 38.1 Å². The number of hydrogen-bond donors (Lipinski definition) is 0. The Hall–Kier alpha value is -3.13. The van der Waals surface area contributed by atoms with Gasteiger partial charge in [-0.1, -0.05) is 72.4 Å². The molecule has 0 bridgehead atoms. The number of methoxy groups -OCH3 is 1. The second-order valence-corrected chi connectivity index (χ2v) is 11.1. The van der Waals surface area contributed by atoms with Crippen molar-refractivity contribution in [3.05, 3.63) is 71.8 Å². The van der Waals surface area contributed by atoms with Crippen LogP contribution in [0, 0.1) is 17.8 Å². The van der Waals surface area contributed by atoms with Crippen molar-refractivity contribution in [2.75, 3.05) is 19.4 Å². The highest BCUT2D eigenvalue weighted by atomic mass is 32.2. The summed E-state index contributed by atoms with van der Waals surface area (Å²) in [6, 6.07) is 18.9. The third-order valence-corrected chi connectivity index (χ3v) is 9.16. The molecule has 4 aliphatic rings. The van der Waals surface area contributed by atoms with Crippen LogP contribution in [0.3, 0.4) is 0 Å². The molecule has 0 N–H and O–H groups in total. The van der Waals surface area contributed by atoms with E-state index in [1.54, 1.807) is 11.8 Å². The molecule has 36 heavy (non-hydrogen) atoms. The van der Waals surface area contributed by atoms with Crippen molar-refractivity contribution in [2.24, 2.45) is 22.7 Å². The maximum Gasteiger partial charge on any atom is 0.333 e. The topological polar surface area (TPSA) is 79.3 Å². The van der Waals surface area contributed by atoms with Gasteiger partial charge in [0.1, 0.15) is 0 Å². The fraction of sp³-hybridized carbons (Fsp3) is 0.429. The fourth-order valence-electron chi connectivity index (χ4n) is 6.09. The van der Waals surface area contributed by atoms with Crippen LogP contribution in [0.5, 0.6) is 0 Å². The van der Waals surface area contributed by atoms with Gasteiger partial charge < -0.3 is 9.64 Å². The molecule has 1 aliphatic carbocycles. The van der Waals surface area contributed by atoms with Crippen LogP contribution in [-0.2, 0) is 32.1 Å². The van der Waals surface area contributed by atoms with Gasteiger partial charge in [0.15, 0.2) is 10.7 Å². The number of thioether (sulfide) groups is 1. The summed E-state index contributed by atoms with van der Waals surface area (Å²) in [6.45, 7) is 0.602. The van der Waals surface area contributed by atoms with Crippen LogP contribution in [0.15, 0.2) is 65.7 Å². The van der Waals surface area contributed by atoms with Crippen molar-refractivity contribution in [2.45, 2.75) is 37.4 Å². The Morgan fingerprint density at radius 1 is 1.03 bits per heavy atom. The molecule has 1 saturated carbocycles. The first-order chi connectivity index (χ1) is 17.5. The van der Waals surface area contributed by atoms with E-state index < -0.39 is 23.3 Å². The normalized spacial score (nSPS) is 28.8. The molecule has 3 heterocycles. The van der Waals surface area contributed by atoms with Crippen LogP contribution in [0.4, 0.5) is 0 Å². The highest BCUT2D eigenvalue weighted by Gasteiger charge is 2.73. The number of likely N-dealkylation sites (tertiary alicyclic amines) is 1. The average molecular weight is 504 g/mol. The summed E-state index contributed by atoms with van der Waals surface area (Å²) in [5.74, 6) is -0.840. The molecule has 3 aliphatic heterocycles. The van der Waals surface area contributed by atoms with E-state index in [1.165, 1.54) is 24.9 Å². The van der Waals surface area contributed by atoms with Gasteiger partial charge in [-0.25, -0.2) is 4.79 Å². The zero-order valence-corrected chi connectivity index (χ0v) is 21.0. The Kier molecular flexibility index (Phi) is 5.86. The molecule has 2 aromatic carbocycles. The van der Waals surface area contributed by atoms with Crippen molar-refractivity contribution in [3.8, 4) is 0 Å².